The molecule has 18 heavy (non-hydrogen) atoms. The summed E-state index contributed by atoms with van der Waals surface area (Å²) < 4.78 is 0. The molecule has 0 spiro atoms. The Morgan fingerprint density at radius 2 is 1.94 bits per heavy atom. The van der Waals surface area contributed by atoms with E-state index in [1.54, 1.807) is 6.07 Å². The molecule has 0 amide bonds. The fourth-order valence-electron chi connectivity index (χ4n) is 1.65. The molecule has 0 saturated carbocycles. The summed E-state index contributed by atoms with van der Waals surface area (Å²) in [4.78, 5) is 14.8. The van der Waals surface area contributed by atoms with Crippen molar-refractivity contribution in [2.75, 3.05) is 5.32 Å². The lowest BCUT2D eigenvalue weighted by atomic mass is 10.1. The lowest BCUT2D eigenvalue weighted by Gasteiger charge is -2.14. The predicted molar refractivity (Wildman–Crippen MR) is 69.7 cm³/mol. The van der Waals surface area contributed by atoms with Gasteiger partial charge in [0.1, 0.15) is 5.82 Å². The van der Waals surface area contributed by atoms with E-state index in [1.807, 2.05) is 37.3 Å². The van der Waals surface area contributed by atoms with Crippen LogP contribution >= 0.6 is 0 Å². The van der Waals surface area contributed by atoms with Gasteiger partial charge in [0.15, 0.2) is 0 Å². The Morgan fingerprint density at radius 3 is 2.50 bits per heavy atom. The number of carboxylic acids is 1. The summed E-state index contributed by atoms with van der Waals surface area (Å²) in [5, 5.41) is 12.0. The molecule has 2 aromatic rings. The third-order valence-electron chi connectivity index (χ3n) is 2.67. The monoisotopic (exact) mass is 242 g/mol. The Morgan fingerprint density at radius 1 is 1.22 bits per heavy atom. The molecule has 0 aliphatic carbocycles. The van der Waals surface area contributed by atoms with Crippen molar-refractivity contribution >= 4 is 11.8 Å². The van der Waals surface area contributed by atoms with Crippen LogP contribution < -0.4 is 5.32 Å². The smallest absolute Gasteiger partial charge is 0.337 e. The molecular weight excluding hydrogens is 228 g/mol. The number of anilines is 1. The van der Waals surface area contributed by atoms with E-state index in [2.05, 4.69) is 10.3 Å². The zero-order valence-corrected chi connectivity index (χ0v) is 10.00. The van der Waals surface area contributed by atoms with E-state index in [9.17, 15) is 4.79 Å². The average Bonchev–Trinajstić information content (AvgIpc) is 2.40. The minimum Gasteiger partial charge on any atom is -0.478 e. The first kappa shape index (κ1) is 12.1. The van der Waals surface area contributed by atoms with Crippen LogP contribution in [0.4, 0.5) is 5.82 Å². The number of carbonyl (C=O) groups is 1. The molecular formula is C14H14N2O2. The van der Waals surface area contributed by atoms with Crippen molar-refractivity contribution in [1.29, 1.82) is 0 Å². The zero-order valence-electron chi connectivity index (χ0n) is 10.00. The number of aromatic nitrogens is 1. The minimum absolute atomic E-state index is 0.120. The molecule has 4 nitrogen and oxygen atoms in total. The first-order chi connectivity index (χ1) is 8.66. The molecule has 2 N–H and O–H groups in total. The van der Waals surface area contributed by atoms with E-state index in [0.29, 0.717) is 5.82 Å². The molecule has 1 heterocycles. The maximum Gasteiger partial charge on any atom is 0.337 e. The first-order valence-corrected chi connectivity index (χ1v) is 5.67. The average molecular weight is 242 g/mol. The second-order valence-electron chi connectivity index (χ2n) is 4.01. The van der Waals surface area contributed by atoms with Crippen LogP contribution in [0.5, 0.6) is 0 Å². The van der Waals surface area contributed by atoms with Gasteiger partial charge in [0, 0.05) is 12.2 Å². The molecule has 0 bridgehead atoms. The van der Waals surface area contributed by atoms with Crippen molar-refractivity contribution in [3.8, 4) is 0 Å². The maximum absolute atomic E-state index is 10.7. The molecule has 0 radical (unpaired) electrons. The molecule has 4 heteroatoms. The topological polar surface area (TPSA) is 62.2 Å². The largest absolute Gasteiger partial charge is 0.478 e. The van der Waals surface area contributed by atoms with Gasteiger partial charge in [-0.05, 0) is 24.6 Å². The summed E-state index contributed by atoms with van der Waals surface area (Å²) in [5.74, 6) is -0.304. The van der Waals surface area contributed by atoms with Gasteiger partial charge in [-0.1, -0.05) is 30.3 Å². The maximum atomic E-state index is 10.7. The second kappa shape index (κ2) is 5.31. The van der Waals surface area contributed by atoms with Gasteiger partial charge in [0.05, 0.1) is 5.56 Å². The van der Waals surface area contributed by atoms with Crippen LogP contribution in [0, 0.1) is 0 Å². The highest BCUT2D eigenvalue weighted by Gasteiger charge is 2.06. The van der Waals surface area contributed by atoms with Crippen LogP contribution in [0.1, 0.15) is 28.9 Å². The van der Waals surface area contributed by atoms with Crippen molar-refractivity contribution in [3.05, 3.63) is 59.8 Å². The quantitative estimate of drug-likeness (QED) is 0.865. The van der Waals surface area contributed by atoms with Gasteiger partial charge in [-0.25, -0.2) is 9.78 Å². The lowest BCUT2D eigenvalue weighted by molar-refractivity contribution is 0.0696. The molecule has 92 valence electrons. The van der Waals surface area contributed by atoms with Gasteiger partial charge in [0.25, 0.3) is 0 Å². The Hall–Kier alpha value is -2.36. The number of hydrogen-bond acceptors (Lipinski definition) is 3. The molecule has 1 atom stereocenters. The van der Waals surface area contributed by atoms with E-state index in [-0.39, 0.29) is 11.6 Å². The van der Waals surface area contributed by atoms with Gasteiger partial charge in [-0.15, -0.1) is 0 Å². The van der Waals surface area contributed by atoms with Gasteiger partial charge in [-0.3, -0.25) is 0 Å². The molecule has 1 aromatic heterocycles. The first-order valence-electron chi connectivity index (χ1n) is 5.67. The second-order valence-corrected chi connectivity index (χ2v) is 4.01. The number of hydrogen-bond donors (Lipinski definition) is 2. The van der Waals surface area contributed by atoms with E-state index in [0.717, 1.165) is 5.56 Å². The van der Waals surface area contributed by atoms with Crippen LogP contribution in [-0.2, 0) is 0 Å². The fraction of sp³-hybridized carbons (Fsp3) is 0.143. The summed E-state index contributed by atoms with van der Waals surface area (Å²) in [7, 11) is 0. The Balaban J connectivity index is 2.08. The Kier molecular flexibility index (Phi) is 3.57. The standard InChI is InChI=1S/C14H14N2O2/c1-10(11-5-3-2-4-6-11)16-13-8-7-12(9-15-13)14(17)18/h2-10H,1H3,(H,15,16)(H,17,18)/t10-/m0/s1. The summed E-state index contributed by atoms with van der Waals surface area (Å²) in [5.41, 5.74) is 1.34. The van der Waals surface area contributed by atoms with Crippen LogP contribution in [0.2, 0.25) is 0 Å². The zero-order chi connectivity index (χ0) is 13.0. The summed E-state index contributed by atoms with van der Waals surface area (Å²) in [6, 6.07) is 13.3. The lowest BCUT2D eigenvalue weighted by Crippen LogP contribution is -2.08. The molecule has 0 saturated heterocycles. The number of rotatable bonds is 4. The van der Waals surface area contributed by atoms with E-state index in [1.165, 1.54) is 12.3 Å². The highest BCUT2D eigenvalue weighted by atomic mass is 16.4. The highest BCUT2D eigenvalue weighted by molar-refractivity contribution is 5.87. The molecule has 2 rings (SSSR count). The van der Waals surface area contributed by atoms with Crippen molar-refractivity contribution < 1.29 is 9.90 Å². The number of aromatic carboxylic acids is 1. The minimum atomic E-state index is -0.967. The predicted octanol–water partition coefficient (Wildman–Crippen LogP) is 2.95. The van der Waals surface area contributed by atoms with Crippen LogP contribution in [-0.4, -0.2) is 16.1 Å². The number of benzene rings is 1. The summed E-state index contributed by atoms with van der Waals surface area (Å²) >= 11 is 0. The normalized spacial score (nSPS) is 11.8. The molecule has 0 unspecified atom stereocenters. The van der Waals surface area contributed by atoms with Gasteiger partial charge >= 0.3 is 5.97 Å². The van der Waals surface area contributed by atoms with E-state index >= 15 is 0 Å². The van der Waals surface area contributed by atoms with Gasteiger partial charge < -0.3 is 10.4 Å². The van der Waals surface area contributed by atoms with Crippen molar-refractivity contribution in [2.24, 2.45) is 0 Å². The molecule has 0 fully saturated rings. The summed E-state index contributed by atoms with van der Waals surface area (Å²) in [6.07, 6.45) is 1.35. The van der Waals surface area contributed by atoms with Crippen LogP contribution in [0.3, 0.4) is 0 Å². The number of pyridine rings is 1. The molecule has 1 aromatic carbocycles. The van der Waals surface area contributed by atoms with E-state index < -0.39 is 5.97 Å². The Labute approximate surface area is 105 Å². The van der Waals surface area contributed by atoms with Gasteiger partial charge in [-0.2, -0.15) is 0 Å². The van der Waals surface area contributed by atoms with Crippen molar-refractivity contribution in [1.82, 2.24) is 4.98 Å². The third kappa shape index (κ3) is 2.85. The van der Waals surface area contributed by atoms with Crippen LogP contribution in [0.15, 0.2) is 48.7 Å². The SMILES string of the molecule is C[C@H](Nc1ccc(C(=O)O)cn1)c1ccccc1. The van der Waals surface area contributed by atoms with E-state index in [4.69, 9.17) is 5.11 Å². The van der Waals surface area contributed by atoms with Gasteiger partial charge in [0.2, 0.25) is 0 Å². The van der Waals surface area contributed by atoms with Crippen LogP contribution in [0.25, 0.3) is 0 Å². The summed E-state index contributed by atoms with van der Waals surface area (Å²) in [6.45, 7) is 2.03. The highest BCUT2D eigenvalue weighted by Crippen LogP contribution is 2.17. The molecule has 0 aliphatic rings. The number of nitrogens with zero attached hydrogens (tertiary/aromatic N) is 1. The fourth-order valence-corrected chi connectivity index (χ4v) is 1.65. The molecule has 0 aliphatic heterocycles. The number of nitrogens with one attached hydrogen (secondary N) is 1. The van der Waals surface area contributed by atoms with Crippen molar-refractivity contribution in [2.45, 2.75) is 13.0 Å². The van der Waals surface area contributed by atoms with Crippen molar-refractivity contribution in [3.63, 3.8) is 0 Å². The third-order valence-corrected chi connectivity index (χ3v) is 2.67. The Bertz CT molecular complexity index is 523. The number of carboxylic acid groups (broad SMARTS) is 1.